The lowest BCUT2D eigenvalue weighted by Crippen LogP contribution is -2.61. The summed E-state index contributed by atoms with van der Waals surface area (Å²) in [6, 6.07) is 0. The zero-order valence-corrected chi connectivity index (χ0v) is 7.24. The monoisotopic (exact) mass is 205 g/mol. The van der Waals surface area contributed by atoms with Crippen molar-refractivity contribution < 1.29 is 20.4 Å². The van der Waals surface area contributed by atoms with Crippen LogP contribution in [0.1, 0.15) is 7.43 Å². The van der Waals surface area contributed by atoms with Crippen LogP contribution in [0.2, 0.25) is 0 Å². The molecule has 0 amide bonds. The molecule has 0 aromatic heterocycles. The lowest BCUT2D eigenvalue weighted by molar-refractivity contribution is -0.191. The van der Waals surface area contributed by atoms with Crippen LogP contribution in [0.3, 0.4) is 0 Å². The summed E-state index contributed by atoms with van der Waals surface area (Å²) in [5.41, 5.74) is 0. The van der Waals surface area contributed by atoms with Gasteiger partial charge in [0.1, 0.15) is 18.4 Å². The number of aliphatic hydroxyl groups is 4. The van der Waals surface area contributed by atoms with Gasteiger partial charge in [0.2, 0.25) is 0 Å². The van der Waals surface area contributed by atoms with Gasteiger partial charge < -0.3 is 20.4 Å². The molecular formula is C9H19NO4. The van der Waals surface area contributed by atoms with Crippen molar-refractivity contribution in [3.05, 3.63) is 12.7 Å². The van der Waals surface area contributed by atoms with Gasteiger partial charge in [-0.05, 0) is 0 Å². The van der Waals surface area contributed by atoms with Crippen molar-refractivity contribution in [2.45, 2.75) is 32.0 Å². The fourth-order valence-corrected chi connectivity index (χ4v) is 1.42. The molecule has 4 N–H and O–H groups in total. The first-order valence-electron chi connectivity index (χ1n) is 4.15. The summed E-state index contributed by atoms with van der Waals surface area (Å²) in [4.78, 5) is 1.44. The molecule has 1 heterocycles. The number of β-amino-alcohol motifs (C(OH)–C–C–N with tert-alkyl or cyclic N) is 1. The average Bonchev–Trinajstić information content (AvgIpc) is 2.11. The highest BCUT2D eigenvalue weighted by atomic mass is 16.4. The smallest absolute Gasteiger partial charge is 0.136 e. The molecule has 1 aliphatic heterocycles. The van der Waals surface area contributed by atoms with Crippen LogP contribution < -0.4 is 0 Å². The number of hydrogen-bond acceptors (Lipinski definition) is 5. The van der Waals surface area contributed by atoms with Crippen molar-refractivity contribution in [2.24, 2.45) is 0 Å². The lowest BCUT2D eigenvalue weighted by atomic mass is 10.0. The molecule has 0 aromatic carbocycles. The van der Waals surface area contributed by atoms with Crippen LogP contribution in [0, 0.1) is 0 Å². The minimum Gasteiger partial charge on any atom is -0.389 e. The van der Waals surface area contributed by atoms with Gasteiger partial charge in [0, 0.05) is 13.1 Å². The summed E-state index contributed by atoms with van der Waals surface area (Å²) < 4.78 is 0. The van der Waals surface area contributed by atoms with E-state index in [9.17, 15) is 20.4 Å². The zero-order valence-electron chi connectivity index (χ0n) is 7.24. The summed E-state index contributed by atoms with van der Waals surface area (Å²) in [7, 11) is 0. The maximum absolute atomic E-state index is 9.41. The predicted molar refractivity (Wildman–Crippen MR) is 52.5 cm³/mol. The van der Waals surface area contributed by atoms with Crippen LogP contribution in [0.4, 0.5) is 0 Å². The molecule has 0 radical (unpaired) electrons. The second-order valence-corrected chi connectivity index (χ2v) is 3.20. The highest BCUT2D eigenvalue weighted by molar-refractivity contribution is 4.91. The minimum absolute atomic E-state index is 0. The molecule has 0 aromatic rings. The summed E-state index contributed by atoms with van der Waals surface area (Å²) >= 11 is 0. The summed E-state index contributed by atoms with van der Waals surface area (Å²) in [5.74, 6) is 0. The molecule has 1 aliphatic rings. The molecule has 4 unspecified atom stereocenters. The molecule has 0 bridgehead atoms. The largest absolute Gasteiger partial charge is 0.389 e. The Balaban J connectivity index is 0.00000169. The number of piperidine rings is 1. The average molecular weight is 205 g/mol. The van der Waals surface area contributed by atoms with Crippen molar-refractivity contribution in [3.8, 4) is 0 Å². The Labute approximate surface area is 83.9 Å². The van der Waals surface area contributed by atoms with E-state index in [0.717, 1.165) is 0 Å². The van der Waals surface area contributed by atoms with E-state index >= 15 is 0 Å². The van der Waals surface area contributed by atoms with Crippen LogP contribution >= 0.6 is 0 Å². The molecule has 84 valence electrons. The van der Waals surface area contributed by atoms with Gasteiger partial charge >= 0.3 is 0 Å². The van der Waals surface area contributed by atoms with Crippen LogP contribution in [0.5, 0.6) is 0 Å². The van der Waals surface area contributed by atoms with Gasteiger partial charge in [0.25, 0.3) is 0 Å². The standard InChI is InChI=1S/C8H15NO4.CH4/c1-2-3-9-4-5(10)6(11)7(12)8(9)13;/h2,5-8,10-13H,1,3-4H2;1H4. The van der Waals surface area contributed by atoms with E-state index in [-0.39, 0.29) is 14.0 Å². The van der Waals surface area contributed by atoms with E-state index in [4.69, 9.17) is 0 Å². The molecule has 1 rings (SSSR count). The van der Waals surface area contributed by atoms with Crippen molar-refractivity contribution in [2.75, 3.05) is 13.1 Å². The number of likely N-dealkylation sites (tertiary alicyclic amines) is 1. The highest BCUT2D eigenvalue weighted by Crippen LogP contribution is 2.16. The van der Waals surface area contributed by atoms with E-state index in [2.05, 4.69) is 6.58 Å². The summed E-state index contributed by atoms with van der Waals surface area (Å²) in [5, 5.41) is 37.1. The van der Waals surface area contributed by atoms with Crippen LogP contribution in [0.25, 0.3) is 0 Å². The summed E-state index contributed by atoms with van der Waals surface area (Å²) in [6.07, 6.45) is -3.23. The fraction of sp³-hybridized carbons (Fsp3) is 0.778. The normalized spacial score (nSPS) is 38.9. The maximum atomic E-state index is 9.41. The molecule has 0 saturated carbocycles. The van der Waals surface area contributed by atoms with Gasteiger partial charge in [0.05, 0.1) is 6.10 Å². The Bertz CT molecular complexity index is 188. The molecule has 1 fully saturated rings. The number of nitrogens with zero attached hydrogens (tertiary/aromatic N) is 1. The Morgan fingerprint density at radius 2 is 1.79 bits per heavy atom. The van der Waals surface area contributed by atoms with Crippen LogP contribution in [-0.4, -0.2) is 63.0 Å². The molecule has 14 heavy (non-hydrogen) atoms. The first-order chi connectivity index (χ1) is 6.07. The molecule has 0 spiro atoms. The molecule has 0 aliphatic carbocycles. The van der Waals surface area contributed by atoms with Crippen LogP contribution in [-0.2, 0) is 0 Å². The second-order valence-electron chi connectivity index (χ2n) is 3.20. The second kappa shape index (κ2) is 5.43. The van der Waals surface area contributed by atoms with E-state index < -0.39 is 24.5 Å². The third-order valence-corrected chi connectivity index (χ3v) is 2.21. The third kappa shape index (κ3) is 2.52. The molecule has 4 atom stereocenters. The van der Waals surface area contributed by atoms with Crippen molar-refractivity contribution in [3.63, 3.8) is 0 Å². The molecule has 5 heteroatoms. The van der Waals surface area contributed by atoms with Gasteiger partial charge in [-0.2, -0.15) is 0 Å². The molecule has 5 nitrogen and oxygen atoms in total. The Morgan fingerprint density at radius 3 is 2.29 bits per heavy atom. The van der Waals surface area contributed by atoms with Gasteiger partial charge in [-0.3, -0.25) is 4.90 Å². The Morgan fingerprint density at radius 1 is 1.21 bits per heavy atom. The molecule has 1 saturated heterocycles. The fourth-order valence-electron chi connectivity index (χ4n) is 1.42. The Kier molecular flexibility index (Phi) is 5.25. The van der Waals surface area contributed by atoms with Gasteiger partial charge in [0.15, 0.2) is 0 Å². The van der Waals surface area contributed by atoms with E-state index in [0.29, 0.717) is 6.54 Å². The minimum atomic E-state index is -1.33. The van der Waals surface area contributed by atoms with E-state index in [1.807, 2.05) is 0 Å². The van der Waals surface area contributed by atoms with Crippen molar-refractivity contribution >= 4 is 0 Å². The first-order valence-corrected chi connectivity index (χ1v) is 4.15. The third-order valence-electron chi connectivity index (χ3n) is 2.21. The highest BCUT2D eigenvalue weighted by Gasteiger charge is 2.39. The van der Waals surface area contributed by atoms with Crippen molar-refractivity contribution in [1.82, 2.24) is 4.90 Å². The topological polar surface area (TPSA) is 84.2 Å². The maximum Gasteiger partial charge on any atom is 0.136 e. The number of aliphatic hydroxyl groups excluding tert-OH is 4. The number of rotatable bonds is 2. The number of hydrogen-bond donors (Lipinski definition) is 4. The van der Waals surface area contributed by atoms with E-state index in [1.54, 1.807) is 6.08 Å². The predicted octanol–water partition coefficient (Wildman–Crippen LogP) is -1.47. The van der Waals surface area contributed by atoms with Crippen molar-refractivity contribution in [1.29, 1.82) is 0 Å². The SMILES string of the molecule is C.C=CCN1CC(O)C(O)C(O)C1O. The lowest BCUT2D eigenvalue weighted by Gasteiger charge is -2.40. The first kappa shape index (κ1) is 13.5. The van der Waals surface area contributed by atoms with Crippen LogP contribution in [0.15, 0.2) is 12.7 Å². The quantitative estimate of drug-likeness (QED) is 0.413. The van der Waals surface area contributed by atoms with Gasteiger partial charge in [-0.1, -0.05) is 13.5 Å². The Hall–Kier alpha value is -0.460. The van der Waals surface area contributed by atoms with E-state index in [1.165, 1.54) is 4.90 Å². The molecular weight excluding hydrogens is 186 g/mol. The zero-order chi connectivity index (χ0) is 10.0. The van der Waals surface area contributed by atoms with Gasteiger partial charge in [-0.15, -0.1) is 6.58 Å². The van der Waals surface area contributed by atoms with Gasteiger partial charge in [-0.25, -0.2) is 0 Å². The summed E-state index contributed by atoms with van der Waals surface area (Å²) in [6.45, 7) is 3.97.